The van der Waals surface area contributed by atoms with E-state index in [-0.39, 0.29) is 5.91 Å². The Labute approximate surface area is 168 Å². The van der Waals surface area contributed by atoms with Gasteiger partial charge in [0.2, 0.25) is 0 Å². The number of methoxy groups -OCH3 is 1. The summed E-state index contributed by atoms with van der Waals surface area (Å²) in [6.45, 7) is 0.325. The highest BCUT2D eigenvalue weighted by molar-refractivity contribution is 6.30. The summed E-state index contributed by atoms with van der Waals surface area (Å²) in [5, 5.41) is 4.68. The molecule has 1 amide bonds. The first-order valence-corrected chi connectivity index (χ1v) is 8.98. The monoisotopic (exact) mass is 394 g/mol. The molecule has 0 saturated heterocycles. The van der Waals surface area contributed by atoms with E-state index in [1.165, 1.54) is 6.21 Å². The standard InChI is InChI=1S/C22H19ClN2O3/c1-27-20-8-4-2-6-17(20)14-24-25-22(26)19-7-3-5-9-21(19)28-15-16-10-12-18(23)13-11-16/h2-14H,15H2,1H3,(H,25,26). The topological polar surface area (TPSA) is 59.9 Å². The molecule has 3 aromatic rings. The lowest BCUT2D eigenvalue weighted by atomic mass is 10.2. The number of rotatable bonds is 7. The number of hydrazone groups is 1. The summed E-state index contributed by atoms with van der Waals surface area (Å²) in [4.78, 5) is 12.5. The third-order valence-electron chi connectivity index (χ3n) is 3.95. The Morgan fingerprint density at radius 2 is 1.68 bits per heavy atom. The highest BCUT2D eigenvalue weighted by Crippen LogP contribution is 2.20. The van der Waals surface area contributed by atoms with Gasteiger partial charge in [-0.2, -0.15) is 5.10 Å². The summed E-state index contributed by atoms with van der Waals surface area (Å²) in [6, 6.07) is 21.8. The number of hydrogen-bond acceptors (Lipinski definition) is 4. The van der Waals surface area contributed by atoms with Gasteiger partial charge >= 0.3 is 0 Å². The second-order valence-corrected chi connectivity index (χ2v) is 6.29. The molecule has 0 aliphatic rings. The van der Waals surface area contributed by atoms with Gasteiger partial charge in [0.15, 0.2) is 0 Å². The second kappa shape index (κ2) is 9.58. The fraction of sp³-hybridized carbons (Fsp3) is 0.0909. The van der Waals surface area contributed by atoms with Crippen LogP contribution in [0.4, 0.5) is 0 Å². The fourth-order valence-electron chi connectivity index (χ4n) is 2.52. The number of benzene rings is 3. The number of nitrogens with zero attached hydrogens (tertiary/aromatic N) is 1. The molecule has 0 heterocycles. The molecule has 0 aromatic heterocycles. The quantitative estimate of drug-likeness (QED) is 0.467. The molecule has 0 spiro atoms. The Kier molecular flexibility index (Phi) is 6.65. The van der Waals surface area contributed by atoms with Gasteiger partial charge in [0, 0.05) is 10.6 Å². The summed E-state index contributed by atoms with van der Waals surface area (Å²) in [7, 11) is 1.58. The Bertz CT molecular complexity index is 972. The summed E-state index contributed by atoms with van der Waals surface area (Å²) >= 11 is 5.89. The van der Waals surface area contributed by atoms with Gasteiger partial charge in [0.25, 0.3) is 5.91 Å². The van der Waals surface area contributed by atoms with Crippen LogP contribution >= 0.6 is 11.6 Å². The van der Waals surface area contributed by atoms with Crippen molar-refractivity contribution in [3.05, 3.63) is 94.5 Å². The largest absolute Gasteiger partial charge is 0.496 e. The van der Waals surface area contributed by atoms with Gasteiger partial charge in [0.05, 0.1) is 18.9 Å². The van der Waals surface area contributed by atoms with Crippen molar-refractivity contribution in [3.63, 3.8) is 0 Å². The molecular weight excluding hydrogens is 376 g/mol. The zero-order valence-electron chi connectivity index (χ0n) is 15.3. The van der Waals surface area contributed by atoms with Crippen molar-refractivity contribution in [3.8, 4) is 11.5 Å². The van der Waals surface area contributed by atoms with Crippen LogP contribution in [0.1, 0.15) is 21.5 Å². The molecule has 0 aliphatic heterocycles. The number of carbonyl (C=O) groups excluding carboxylic acids is 1. The Balaban J connectivity index is 1.66. The first kappa shape index (κ1) is 19.5. The molecular formula is C22H19ClN2O3. The predicted octanol–water partition coefficient (Wildman–Crippen LogP) is 4.69. The molecule has 0 fully saturated rings. The van der Waals surface area contributed by atoms with Crippen LogP contribution in [0.3, 0.4) is 0 Å². The van der Waals surface area contributed by atoms with Crippen LogP contribution in [-0.2, 0) is 6.61 Å². The summed E-state index contributed by atoms with van der Waals surface area (Å²) in [5.41, 5.74) is 4.63. The van der Waals surface area contributed by atoms with E-state index < -0.39 is 0 Å². The molecule has 0 saturated carbocycles. The van der Waals surface area contributed by atoms with Crippen molar-refractivity contribution in [1.29, 1.82) is 0 Å². The van der Waals surface area contributed by atoms with Crippen LogP contribution in [-0.4, -0.2) is 19.2 Å². The molecule has 28 heavy (non-hydrogen) atoms. The van der Waals surface area contributed by atoms with Gasteiger partial charge in [-0.25, -0.2) is 5.43 Å². The van der Waals surface area contributed by atoms with Crippen molar-refractivity contribution in [2.75, 3.05) is 7.11 Å². The lowest BCUT2D eigenvalue weighted by Crippen LogP contribution is -2.18. The molecule has 0 bridgehead atoms. The first-order chi connectivity index (χ1) is 13.7. The normalized spacial score (nSPS) is 10.6. The van der Waals surface area contributed by atoms with Crippen LogP contribution in [0.2, 0.25) is 5.02 Å². The molecule has 1 N–H and O–H groups in total. The average Bonchev–Trinajstić information content (AvgIpc) is 2.74. The Hall–Kier alpha value is -3.31. The van der Waals surface area contributed by atoms with Crippen LogP contribution in [0.25, 0.3) is 0 Å². The van der Waals surface area contributed by atoms with Crippen molar-refractivity contribution in [2.45, 2.75) is 6.61 Å². The maximum absolute atomic E-state index is 12.5. The average molecular weight is 395 g/mol. The van der Waals surface area contributed by atoms with Gasteiger partial charge in [-0.15, -0.1) is 0 Å². The molecule has 3 aromatic carbocycles. The van der Waals surface area contributed by atoms with E-state index in [1.807, 2.05) is 42.5 Å². The van der Waals surface area contributed by atoms with Crippen LogP contribution in [0.5, 0.6) is 11.5 Å². The lowest BCUT2D eigenvalue weighted by Gasteiger charge is -2.10. The Morgan fingerprint density at radius 1 is 1.00 bits per heavy atom. The van der Waals surface area contributed by atoms with E-state index >= 15 is 0 Å². The van der Waals surface area contributed by atoms with Gasteiger partial charge in [-0.1, -0.05) is 48.0 Å². The third kappa shape index (κ3) is 5.11. The number of para-hydroxylation sites is 2. The highest BCUT2D eigenvalue weighted by Gasteiger charge is 2.11. The van der Waals surface area contributed by atoms with E-state index in [0.717, 1.165) is 11.1 Å². The lowest BCUT2D eigenvalue weighted by molar-refractivity contribution is 0.0950. The Morgan fingerprint density at radius 3 is 2.43 bits per heavy atom. The number of ether oxygens (including phenoxy) is 2. The van der Waals surface area contributed by atoms with E-state index in [2.05, 4.69) is 10.5 Å². The smallest absolute Gasteiger partial charge is 0.275 e. The minimum Gasteiger partial charge on any atom is -0.496 e. The maximum atomic E-state index is 12.5. The maximum Gasteiger partial charge on any atom is 0.275 e. The molecule has 5 nitrogen and oxygen atoms in total. The molecule has 0 atom stereocenters. The number of nitrogens with one attached hydrogen (secondary N) is 1. The van der Waals surface area contributed by atoms with Crippen molar-refractivity contribution in [1.82, 2.24) is 5.43 Å². The summed E-state index contributed by atoms with van der Waals surface area (Å²) in [5.74, 6) is 0.785. The number of hydrogen-bond donors (Lipinski definition) is 1. The number of carbonyl (C=O) groups is 1. The molecule has 0 aliphatic carbocycles. The third-order valence-corrected chi connectivity index (χ3v) is 4.20. The van der Waals surface area contributed by atoms with Gasteiger partial charge in [-0.05, 0) is 42.0 Å². The van der Waals surface area contributed by atoms with E-state index in [1.54, 1.807) is 37.4 Å². The van der Waals surface area contributed by atoms with Crippen molar-refractivity contribution >= 4 is 23.7 Å². The van der Waals surface area contributed by atoms with Crippen LogP contribution in [0.15, 0.2) is 77.9 Å². The highest BCUT2D eigenvalue weighted by atomic mass is 35.5. The van der Waals surface area contributed by atoms with E-state index in [9.17, 15) is 4.79 Å². The minimum absolute atomic E-state index is 0.325. The number of halogens is 1. The molecule has 6 heteroatoms. The first-order valence-electron chi connectivity index (χ1n) is 8.60. The van der Waals surface area contributed by atoms with Crippen LogP contribution in [0, 0.1) is 0 Å². The summed E-state index contributed by atoms with van der Waals surface area (Å²) < 4.78 is 11.1. The van der Waals surface area contributed by atoms with Crippen molar-refractivity contribution < 1.29 is 14.3 Å². The predicted molar refractivity (Wildman–Crippen MR) is 110 cm³/mol. The zero-order chi connectivity index (χ0) is 19.8. The SMILES string of the molecule is COc1ccccc1C=NNC(=O)c1ccccc1OCc1ccc(Cl)cc1. The van der Waals surface area contributed by atoms with Gasteiger partial charge in [0.1, 0.15) is 18.1 Å². The fourth-order valence-corrected chi connectivity index (χ4v) is 2.64. The van der Waals surface area contributed by atoms with Crippen LogP contribution < -0.4 is 14.9 Å². The number of amides is 1. The molecule has 0 unspecified atom stereocenters. The second-order valence-electron chi connectivity index (χ2n) is 5.85. The minimum atomic E-state index is -0.363. The molecule has 0 radical (unpaired) electrons. The molecule has 142 valence electrons. The van der Waals surface area contributed by atoms with Crippen molar-refractivity contribution in [2.24, 2.45) is 5.10 Å². The van der Waals surface area contributed by atoms with Gasteiger partial charge < -0.3 is 9.47 Å². The van der Waals surface area contributed by atoms with E-state index in [0.29, 0.717) is 28.7 Å². The van der Waals surface area contributed by atoms with E-state index in [4.69, 9.17) is 21.1 Å². The summed E-state index contributed by atoms with van der Waals surface area (Å²) in [6.07, 6.45) is 1.54. The van der Waals surface area contributed by atoms with Gasteiger partial charge in [-0.3, -0.25) is 4.79 Å². The molecule has 3 rings (SSSR count). The zero-order valence-corrected chi connectivity index (χ0v) is 16.0.